The first-order valence-electron chi connectivity index (χ1n) is 6.46. The van der Waals surface area contributed by atoms with Gasteiger partial charge in [0.2, 0.25) is 0 Å². The first-order valence-corrected chi connectivity index (χ1v) is 6.46. The summed E-state index contributed by atoms with van der Waals surface area (Å²) in [4.78, 5) is 35.0. The van der Waals surface area contributed by atoms with Gasteiger partial charge in [-0.15, -0.1) is 0 Å². The first kappa shape index (κ1) is 15.5. The summed E-state index contributed by atoms with van der Waals surface area (Å²) in [5.41, 5.74) is -1.57. The van der Waals surface area contributed by atoms with Crippen molar-refractivity contribution in [1.82, 2.24) is 10.6 Å². The van der Waals surface area contributed by atoms with Gasteiger partial charge in [0.15, 0.2) is 0 Å². The SMILES string of the molecule is CC[C@@]1(C[C@@H](C)C(=O)OC(C)(C)C)NC(=O)NC1=O.[HH].[HH]. The average Bonchev–Trinajstić information content (AvgIpc) is 2.51. The van der Waals surface area contributed by atoms with E-state index in [0.717, 1.165) is 0 Å². The lowest BCUT2D eigenvalue weighted by Gasteiger charge is -2.28. The zero-order chi connectivity index (χ0) is 14.8. The first-order chi connectivity index (χ1) is 8.59. The van der Waals surface area contributed by atoms with Gasteiger partial charge >= 0.3 is 12.0 Å². The van der Waals surface area contributed by atoms with E-state index in [9.17, 15) is 14.4 Å². The summed E-state index contributed by atoms with van der Waals surface area (Å²) in [7, 11) is 0. The minimum Gasteiger partial charge on any atom is -0.460 e. The summed E-state index contributed by atoms with van der Waals surface area (Å²) in [6.45, 7) is 8.86. The van der Waals surface area contributed by atoms with E-state index in [-0.39, 0.29) is 21.2 Å². The van der Waals surface area contributed by atoms with Gasteiger partial charge in [-0.1, -0.05) is 13.8 Å². The molecule has 2 N–H and O–H groups in total. The topological polar surface area (TPSA) is 84.5 Å². The van der Waals surface area contributed by atoms with Crippen molar-refractivity contribution in [2.24, 2.45) is 5.92 Å². The Morgan fingerprint density at radius 3 is 2.37 bits per heavy atom. The van der Waals surface area contributed by atoms with Crippen molar-refractivity contribution in [1.29, 1.82) is 0 Å². The van der Waals surface area contributed by atoms with Crippen LogP contribution in [-0.2, 0) is 14.3 Å². The number of nitrogens with one attached hydrogen (secondary N) is 2. The van der Waals surface area contributed by atoms with Crippen molar-refractivity contribution in [3.05, 3.63) is 0 Å². The molecule has 1 rings (SSSR count). The van der Waals surface area contributed by atoms with Crippen molar-refractivity contribution >= 4 is 17.9 Å². The lowest BCUT2D eigenvalue weighted by Crippen LogP contribution is -2.48. The molecule has 112 valence electrons. The largest absolute Gasteiger partial charge is 0.460 e. The number of ether oxygens (including phenoxy) is 1. The molecule has 1 fully saturated rings. The highest BCUT2D eigenvalue weighted by atomic mass is 16.6. The molecule has 1 aliphatic rings. The molecule has 0 spiro atoms. The lowest BCUT2D eigenvalue weighted by atomic mass is 9.86. The highest BCUT2D eigenvalue weighted by Crippen LogP contribution is 2.26. The third kappa shape index (κ3) is 3.68. The van der Waals surface area contributed by atoms with E-state index in [1.807, 2.05) is 0 Å². The van der Waals surface area contributed by atoms with Gasteiger partial charge in [-0.2, -0.15) is 0 Å². The molecule has 0 bridgehead atoms. The fourth-order valence-electron chi connectivity index (χ4n) is 2.07. The van der Waals surface area contributed by atoms with Crippen molar-refractivity contribution in [3.63, 3.8) is 0 Å². The van der Waals surface area contributed by atoms with E-state index in [2.05, 4.69) is 10.6 Å². The van der Waals surface area contributed by atoms with Gasteiger partial charge < -0.3 is 10.1 Å². The maximum absolute atomic E-state index is 11.9. The second kappa shape index (κ2) is 5.19. The van der Waals surface area contributed by atoms with Gasteiger partial charge in [-0.25, -0.2) is 4.79 Å². The summed E-state index contributed by atoms with van der Waals surface area (Å²) in [6, 6.07) is -0.511. The smallest absolute Gasteiger partial charge is 0.322 e. The number of hydrogen-bond acceptors (Lipinski definition) is 4. The van der Waals surface area contributed by atoms with Crippen LogP contribution in [0.15, 0.2) is 0 Å². The summed E-state index contributed by atoms with van der Waals surface area (Å²) in [6.07, 6.45) is 0.660. The van der Waals surface area contributed by atoms with Gasteiger partial charge in [0.25, 0.3) is 5.91 Å². The molecule has 6 nitrogen and oxygen atoms in total. The van der Waals surface area contributed by atoms with E-state index in [0.29, 0.717) is 6.42 Å². The second-order valence-electron chi connectivity index (χ2n) is 5.98. The molecule has 0 saturated carbocycles. The maximum atomic E-state index is 11.9. The molecule has 2 atom stereocenters. The predicted molar refractivity (Wildman–Crippen MR) is 73.6 cm³/mol. The Hall–Kier alpha value is -1.59. The van der Waals surface area contributed by atoms with Gasteiger partial charge in [0.1, 0.15) is 11.1 Å². The average molecular weight is 274 g/mol. The molecule has 0 aromatic carbocycles. The molecule has 1 aliphatic heterocycles. The van der Waals surface area contributed by atoms with E-state index < -0.39 is 23.1 Å². The van der Waals surface area contributed by atoms with Crippen molar-refractivity contribution in [3.8, 4) is 0 Å². The van der Waals surface area contributed by atoms with Gasteiger partial charge in [-0.3, -0.25) is 14.9 Å². The molecule has 0 aliphatic carbocycles. The molecule has 19 heavy (non-hydrogen) atoms. The van der Waals surface area contributed by atoms with Gasteiger partial charge in [0, 0.05) is 2.85 Å². The predicted octanol–water partition coefficient (Wildman–Crippen LogP) is 1.83. The minimum atomic E-state index is -1.01. The zero-order valence-corrected chi connectivity index (χ0v) is 12.1. The summed E-state index contributed by atoms with van der Waals surface area (Å²) in [5, 5.41) is 4.82. The van der Waals surface area contributed by atoms with E-state index in [4.69, 9.17) is 4.74 Å². The summed E-state index contributed by atoms with van der Waals surface area (Å²) >= 11 is 0. The van der Waals surface area contributed by atoms with Crippen LogP contribution in [0.5, 0.6) is 0 Å². The Bertz CT molecular complexity index is 409. The number of amides is 3. The van der Waals surface area contributed by atoms with Crippen LogP contribution in [0.4, 0.5) is 4.79 Å². The third-order valence-corrected chi connectivity index (χ3v) is 3.08. The fourth-order valence-corrected chi connectivity index (χ4v) is 2.07. The summed E-state index contributed by atoms with van der Waals surface area (Å²) < 4.78 is 5.28. The number of carbonyl (C=O) groups is 3. The van der Waals surface area contributed by atoms with Crippen LogP contribution < -0.4 is 10.6 Å². The van der Waals surface area contributed by atoms with E-state index >= 15 is 0 Å². The monoisotopic (exact) mass is 274 g/mol. The van der Waals surface area contributed by atoms with Crippen molar-refractivity contribution in [2.75, 3.05) is 0 Å². The van der Waals surface area contributed by atoms with Crippen LogP contribution in [0, 0.1) is 5.92 Å². The normalized spacial score (nSPS) is 24.7. The molecule has 0 aromatic heterocycles. The highest BCUT2D eigenvalue weighted by Gasteiger charge is 2.46. The third-order valence-electron chi connectivity index (χ3n) is 3.08. The Kier molecular flexibility index (Phi) is 4.22. The molecule has 0 unspecified atom stereocenters. The minimum absolute atomic E-state index is 0. The van der Waals surface area contributed by atoms with E-state index in [1.54, 1.807) is 34.6 Å². The number of imide groups is 1. The van der Waals surface area contributed by atoms with Crippen molar-refractivity contribution in [2.45, 2.75) is 58.6 Å². The van der Waals surface area contributed by atoms with Crippen LogP contribution in [-0.4, -0.2) is 29.0 Å². The standard InChI is InChI=1S/C13H22N2O4.2H2/c1-6-13(10(17)14-11(18)15-13)7-8(2)9(16)19-12(3,4)5;;/h8H,6-7H2,1-5H3,(H2,14,15,17,18);2*1H/t8-,13+;;/m1../s1. The van der Waals surface area contributed by atoms with E-state index in [1.165, 1.54) is 0 Å². The Balaban J connectivity index is 0. The van der Waals surface area contributed by atoms with Gasteiger partial charge in [-0.05, 0) is 33.6 Å². The molecular formula is C13H26N2O4. The van der Waals surface area contributed by atoms with Crippen LogP contribution in [0.25, 0.3) is 0 Å². The summed E-state index contributed by atoms with van der Waals surface area (Å²) in [5.74, 6) is -1.21. The van der Waals surface area contributed by atoms with Crippen LogP contribution in [0.1, 0.15) is 50.3 Å². The number of carbonyl (C=O) groups excluding carboxylic acids is 3. The molecule has 1 saturated heterocycles. The molecule has 0 aromatic rings. The molecule has 1 heterocycles. The fraction of sp³-hybridized carbons (Fsp3) is 0.769. The van der Waals surface area contributed by atoms with Gasteiger partial charge in [0.05, 0.1) is 5.92 Å². The second-order valence-corrected chi connectivity index (χ2v) is 5.98. The van der Waals surface area contributed by atoms with Crippen LogP contribution >= 0.6 is 0 Å². The molecule has 3 amide bonds. The number of urea groups is 1. The Morgan fingerprint density at radius 1 is 1.42 bits per heavy atom. The molecule has 0 radical (unpaired) electrons. The highest BCUT2D eigenvalue weighted by molar-refractivity contribution is 6.07. The Morgan fingerprint density at radius 2 is 2.00 bits per heavy atom. The Labute approximate surface area is 116 Å². The number of rotatable bonds is 4. The molecular weight excluding hydrogens is 248 g/mol. The maximum Gasteiger partial charge on any atom is 0.322 e. The lowest BCUT2D eigenvalue weighted by molar-refractivity contribution is -0.160. The molecule has 6 heteroatoms. The number of hydrogen-bond donors (Lipinski definition) is 2. The van der Waals surface area contributed by atoms with Crippen LogP contribution in [0.3, 0.4) is 0 Å². The van der Waals surface area contributed by atoms with Crippen molar-refractivity contribution < 1.29 is 22.0 Å². The van der Waals surface area contributed by atoms with Crippen LogP contribution in [0.2, 0.25) is 0 Å². The number of esters is 1. The quantitative estimate of drug-likeness (QED) is 0.605. The zero-order valence-electron chi connectivity index (χ0n) is 12.1.